The summed E-state index contributed by atoms with van der Waals surface area (Å²) >= 11 is 3.11. The Morgan fingerprint density at radius 2 is 1.81 bits per heavy atom. The average Bonchev–Trinajstić information content (AvgIpc) is 2.47. The molecule has 0 bridgehead atoms. The highest BCUT2D eigenvalue weighted by Crippen LogP contribution is 2.21. The highest BCUT2D eigenvalue weighted by Gasteiger charge is 2.06. The Bertz CT molecular complexity index is 619. The predicted octanol–water partition coefficient (Wildman–Crippen LogP) is 4.42. The molecule has 21 heavy (non-hydrogen) atoms. The monoisotopic (exact) mass is 355 g/mol. The molecule has 0 spiro atoms. The third-order valence-corrected chi connectivity index (χ3v) is 3.56. The van der Waals surface area contributed by atoms with Gasteiger partial charge < -0.3 is 10.1 Å². The molecule has 2 aromatic carbocycles. The van der Waals surface area contributed by atoms with E-state index in [1.165, 1.54) is 12.1 Å². The number of halogens is 3. The van der Waals surface area contributed by atoms with E-state index in [-0.39, 0.29) is 18.2 Å². The fourth-order valence-electron chi connectivity index (χ4n) is 1.83. The van der Waals surface area contributed by atoms with Gasteiger partial charge in [-0.3, -0.25) is 0 Å². The summed E-state index contributed by atoms with van der Waals surface area (Å²) in [5.74, 6) is -0.542. The quantitative estimate of drug-likeness (QED) is 0.828. The molecular formula is C16H16BrF2NO. The van der Waals surface area contributed by atoms with Crippen molar-refractivity contribution in [3.05, 3.63) is 63.6 Å². The van der Waals surface area contributed by atoms with E-state index >= 15 is 0 Å². The molecule has 0 aliphatic carbocycles. The zero-order chi connectivity index (χ0) is 15.2. The van der Waals surface area contributed by atoms with Gasteiger partial charge >= 0.3 is 0 Å². The summed E-state index contributed by atoms with van der Waals surface area (Å²) in [5, 5.41) is 3.13. The van der Waals surface area contributed by atoms with Crippen molar-refractivity contribution in [2.75, 3.05) is 6.54 Å². The standard InChI is InChI=1S/C16H16BrF2NO/c1-2-20-9-11-4-6-16(15(19)8-11)21-10-12-3-5-14(18)13(17)7-12/h3-8,20H,2,9-10H2,1H3. The maximum Gasteiger partial charge on any atom is 0.165 e. The molecule has 0 heterocycles. The molecular weight excluding hydrogens is 340 g/mol. The summed E-state index contributed by atoms with van der Waals surface area (Å²) in [6.45, 7) is 3.63. The van der Waals surface area contributed by atoms with Crippen molar-refractivity contribution in [1.29, 1.82) is 0 Å². The minimum absolute atomic E-state index is 0.183. The normalized spacial score (nSPS) is 10.7. The van der Waals surface area contributed by atoms with E-state index in [0.717, 1.165) is 17.7 Å². The van der Waals surface area contributed by atoms with Crippen LogP contribution in [0.2, 0.25) is 0 Å². The van der Waals surface area contributed by atoms with Crippen LogP contribution < -0.4 is 10.1 Å². The van der Waals surface area contributed by atoms with Gasteiger partial charge in [-0.05, 0) is 57.9 Å². The zero-order valence-electron chi connectivity index (χ0n) is 11.6. The van der Waals surface area contributed by atoms with Gasteiger partial charge in [0.25, 0.3) is 0 Å². The fourth-order valence-corrected chi connectivity index (χ4v) is 2.26. The Morgan fingerprint density at radius 1 is 1.05 bits per heavy atom. The molecule has 0 saturated heterocycles. The molecule has 0 unspecified atom stereocenters. The number of nitrogens with one attached hydrogen (secondary N) is 1. The highest BCUT2D eigenvalue weighted by atomic mass is 79.9. The Hall–Kier alpha value is -1.46. The Morgan fingerprint density at radius 3 is 2.48 bits per heavy atom. The lowest BCUT2D eigenvalue weighted by molar-refractivity contribution is 0.290. The van der Waals surface area contributed by atoms with Crippen LogP contribution >= 0.6 is 15.9 Å². The van der Waals surface area contributed by atoms with Gasteiger partial charge in [-0.25, -0.2) is 8.78 Å². The van der Waals surface area contributed by atoms with Gasteiger partial charge in [0.15, 0.2) is 11.6 Å². The number of hydrogen-bond acceptors (Lipinski definition) is 2. The maximum absolute atomic E-state index is 13.9. The molecule has 5 heteroatoms. The molecule has 2 aromatic rings. The lowest BCUT2D eigenvalue weighted by atomic mass is 10.2. The predicted molar refractivity (Wildman–Crippen MR) is 82.2 cm³/mol. The van der Waals surface area contributed by atoms with Crippen LogP contribution in [0.1, 0.15) is 18.1 Å². The molecule has 112 valence electrons. The topological polar surface area (TPSA) is 21.3 Å². The Kier molecular flexibility index (Phi) is 5.70. The van der Waals surface area contributed by atoms with Crippen molar-refractivity contribution < 1.29 is 13.5 Å². The first-order chi connectivity index (χ1) is 10.1. The van der Waals surface area contributed by atoms with Gasteiger partial charge in [0.05, 0.1) is 4.47 Å². The Balaban J connectivity index is 2.01. The summed E-state index contributed by atoms with van der Waals surface area (Å²) in [6.07, 6.45) is 0. The first-order valence-electron chi connectivity index (χ1n) is 6.66. The second-order valence-electron chi connectivity index (χ2n) is 4.58. The molecule has 0 aliphatic rings. The fraction of sp³-hybridized carbons (Fsp3) is 0.250. The van der Waals surface area contributed by atoms with Gasteiger partial charge in [0.1, 0.15) is 12.4 Å². The maximum atomic E-state index is 13.9. The number of rotatable bonds is 6. The minimum atomic E-state index is -0.397. The van der Waals surface area contributed by atoms with Crippen molar-refractivity contribution in [3.63, 3.8) is 0 Å². The van der Waals surface area contributed by atoms with Gasteiger partial charge in [0.2, 0.25) is 0 Å². The summed E-state index contributed by atoms with van der Waals surface area (Å²) in [4.78, 5) is 0. The van der Waals surface area contributed by atoms with E-state index in [9.17, 15) is 8.78 Å². The van der Waals surface area contributed by atoms with Gasteiger partial charge in [0, 0.05) is 6.54 Å². The molecule has 0 radical (unpaired) electrons. The molecule has 0 atom stereocenters. The van der Waals surface area contributed by atoms with Crippen LogP contribution in [-0.4, -0.2) is 6.54 Å². The van der Waals surface area contributed by atoms with E-state index in [2.05, 4.69) is 21.2 Å². The molecule has 2 nitrogen and oxygen atoms in total. The van der Waals surface area contributed by atoms with Crippen LogP contribution in [0.15, 0.2) is 40.9 Å². The van der Waals surface area contributed by atoms with Crippen molar-refractivity contribution in [2.24, 2.45) is 0 Å². The van der Waals surface area contributed by atoms with Crippen LogP contribution in [0.3, 0.4) is 0 Å². The second kappa shape index (κ2) is 7.52. The summed E-state index contributed by atoms with van der Waals surface area (Å²) in [7, 11) is 0. The SMILES string of the molecule is CCNCc1ccc(OCc2ccc(F)c(Br)c2)c(F)c1. The summed E-state index contributed by atoms with van der Waals surface area (Å²) < 4.78 is 32.8. The van der Waals surface area contributed by atoms with Crippen LogP contribution in [-0.2, 0) is 13.2 Å². The van der Waals surface area contributed by atoms with Crippen LogP contribution in [0.5, 0.6) is 5.75 Å². The van der Waals surface area contributed by atoms with Crippen molar-refractivity contribution in [3.8, 4) is 5.75 Å². The van der Waals surface area contributed by atoms with Gasteiger partial charge in [-0.15, -0.1) is 0 Å². The number of hydrogen-bond donors (Lipinski definition) is 1. The lowest BCUT2D eigenvalue weighted by Crippen LogP contribution is -2.11. The van der Waals surface area contributed by atoms with E-state index in [0.29, 0.717) is 11.0 Å². The largest absolute Gasteiger partial charge is 0.486 e. The molecule has 0 amide bonds. The van der Waals surface area contributed by atoms with E-state index in [1.54, 1.807) is 18.2 Å². The highest BCUT2D eigenvalue weighted by molar-refractivity contribution is 9.10. The van der Waals surface area contributed by atoms with E-state index in [1.807, 2.05) is 13.0 Å². The van der Waals surface area contributed by atoms with Gasteiger partial charge in [-0.2, -0.15) is 0 Å². The number of benzene rings is 2. The smallest absolute Gasteiger partial charge is 0.165 e. The Labute approximate surface area is 131 Å². The summed E-state index contributed by atoms with van der Waals surface area (Å²) in [6, 6.07) is 9.46. The van der Waals surface area contributed by atoms with Crippen LogP contribution in [0.4, 0.5) is 8.78 Å². The van der Waals surface area contributed by atoms with Crippen molar-refractivity contribution >= 4 is 15.9 Å². The van der Waals surface area contributed by atoms with E-state index in [4.69, 9.17) is 4.74 Å². The number of ether oxygens (including phenoxy) is 1. The van der Waals surface area contributed by atoms with Crippen LogP contribution in [0, 0.1) is 11.6 Å². The zero-order valence-corrected chi connectivity index (χ0v) is 13.2. The second-order valence-corrected chi connectivity index (χ2v) is 5.44. The molecule has 2 rings (SSSR count). The van der Waals surface area contributed by atoms with Crippen molar-refractivity contribution in [2.45, 2.75) is 20.1 Å². The first-order valence-corrected chi connectivity index (χ1v) is 7.45. The lowest BCUT2D eigenvalue weighted by Gasteiger charge is -2.09. The molecule has 0 fully saturated rings. The molecule has 0 aliphatic heterocycles. The average molecular weight is 356 g/mol. The molecule has 0 aromatic heterocycles. The van der Waals surface area contributed by atoms with Crippen LogP contribution in [0.25, 0.3) is 0 Å². The molecule has 1 N–H and O–H groups in total. The summed E-state index contributed by atoms with van der Waals surface area (Å²) in [5.41, 5.74) is 1.63. The van der Waals surface area contributed by atoms with Crippen molar-refractivity contribution in [1.82, 2.24) is 5.32 Å². The third kappa shape index (κ3) is 4.51. The molecule has 0 saturated carbocycles. The minimum Gasteiger partial charge on any atom is -0.486 e. The first kappa shape index (κ1) is 15.9. The third-order valence-electron chi connectivity index (χ3n) is 2.95. The van der Waals surface area contributed by atoms with E-state index < -0.39 is 5.82 Å². The van der Waals surface area contributed by atoms with Gasteiger partial charge in [-0.1, -0.05) is 19.1 Å².